The average molecular weight is 248 g/mol. The molecule has 0 radical (unpaired) electrons. The van der Waals surface area contributed by atoms with Gasteiger partial charge in [0.2, 0.25) is 0 Å². The fraction of sp³-hybridized carbons (Fsp3) is 0.533. The van der Waals surface area contributed by atoms with Gasteiger partial charge in [0.15, 0.2) is 0 Å². The standard InChI is InChI=1S/C15H20O3/c1-9-6-12(13(17-4)7-10(9)2)15(8-11(15)3)14(16)18-5/h6-7,11H,8H2,1-5H3. The lowest BCUT2D eigenvalue weighted by Crippen LogP contribution is -2.25. The topological polar surface area (TPSA) is 35.5 Å². The third-order valence-corrected chi connectivity index (χ3v) is 4.16. The van der Waals surface area contributed by atoms with E-state index in [-0.39, 0.29) is 5.97 Å². The van der Waals surface area contributed by atoms with Crippen molar-refractivity contribution in [3.8, 4) is 5.75 Å². The summed E-state index contributed by atoms with van der Waals surface area (Å²) in [4.78, 5) is 12.1. The number of carbonyl (C=O) groups is 1. The van der Waals surface area contributed by atoms with E-state index in [4.69, 9.17) is 9.47 Å². The van der Waals surface area contributed by atoms with Crippen molar-refractivity contribution in [1.82, 2.24) is 0 Å². The van der Waals surface area contributed by atoms with Gasteiger partial charge in [-0.05, 0) is 43.4 Å². The number of esters is 1. The molecule has 98 valence electrons. The molecule has 1 aliphatic rings. The molecule has 0 heterocycles. The Kier molecular flexibility index (Phi) is 3.09. The summed E-state index contributed by atoms with van der Waals surface area (Å²) in [7, 11) is 3.09. The molecule has 0 amide bonds. The van der Waals surface area contributed by atoms with Crippen LogP contribution in [0.15, 0.2) is 12.1 Å². The summed E-state index contributed by atoms with van der Waals surface area (Å²) in [5.74, 6) is 0.936. The van der Waals surface area contributed by atoms with Crippen LogP contribution in [0.3, 0.4) is 0 Å². The Bertz CT molecular complexity index is 493. The van der Waals surface area contributed by atoms with Gasteiger partial charge in [0, 0.05) is 5.56 Å². The lowest BCUT2D eigenvalue weighted by molar-refractivity contribution is -0.144. The van der Waals surface area contributed by atoms with E-state index in [2.05, 4.69) is 19.9 Å². The highest BCUT2D eigenvalue weighted by molar-refractivity contribution is 5.88. The van der Waals surface area contributed by atoms with Crippen LogP contribution in [0.5, 0.6) is 5.75 Å². The van der Waals surface area contributed by atoms with Crippen LogP contribution in [-0.4, -0.2) is 20.2 Å². The zero-order valence-electron chi connectivity index (χ0n) is 11.7. The number of rotatable bonds is 3. The molecule has 0 saturated heterocycles. The molecule has 2 rings (SSSR count). The van der Waals surface area contributed by atoms with Gasteiger partial charge in [-0.3, -0.25) is 4.79 Å². The lowest BCUT2D eigenvalue weighted by Gasteiger charge is -2.19. The lowest BCUT2D eigenvalue weighted by atomic mass is 9.90. The first-order valence-corrected chi connectivity index (χ1v) is 6.21. The summed E-state index contributed by atoms with van der Waals surface area (Å²) in [6, 6.07) is 4.06. The predicted molar refractivity (Wildman–Crippen MR) is 69.9 cm³/mol. The van der Waals surface area contributed by atoms with Crippen molar-refractivity contribution in [3.63, 3.8) is 0 Å². The van der Waals surface area contributed by atoms with Crippen molar-refractivity contribution >= 4 is 5.97 Å². The molecule has 0 spiro atoms. The molecule has 2 unspecified atom stereocenters. The van der Waals surface area contributed by atoms with Crippen LogP contribution in [0, 0.1) is 19.8 Å². The molecule has 1 aromatic rings. The second-order valence-electron chi connectivity index (χ2n) is 5.20. The molecule has 18 heavy (non-hydrogen) atoms. The van der Waals surface area contributed by atoms with Crippen molar-refractivity contribution in [1.29, 1.82) is 0 Å². The monoisotopic (exact) mass is 248 g/mol. The van der Waals surface area contributed by atoms with E-state index in [0.29, 0.717) is 5.92 Å². The van der Waals surface area contributed by atoms with Crippen LogP contribution < -0.4 is 4.74 Å². The maximum absolute atomic E-state index is 12.1. The van der Waals surface area contributed by atoms with Gasteiger partial charge in [0.05, 0.1) is 19.6 Å². The Labute approximate surface area is 108 Å². The summed E-state index contributed by atoms with van der Waals surface area (Å²) in [6.07, 6.45) is 0.832. The molecule has 3 nitrogen and oxygen atoms in total. The van der Waals surface area contributed by atoms with Crippen LogP contribution in [-0.2, 0) is 14.9 Å². The Morgan fingerprint density at radius 3 is 2.28 bits per heavy atom. The van der Waals surface area contributed by atoms with Crippen LogP contribution in [0.1, 0.15) is 30.0 Å². The van der Waals surface area contributed by atoms with Crippen molar-refractivity contribution < 1.29 is 14.3 Å². The first-order chi connectivity index (χ1) is 8.47. The van der Waals surface area contributed by atoms with Gasteiger partial charge in [0.1, 0.15) is 5.75 Å². The summed E-state index contributed by atoms with van der Waals surface area (Å²) < 4.78 is 10.4. The van der Waals surface area contributed by atoms with Gasteiger partial charge in [-0.2, -0.15) is 0 Å². The minimum atomic E-state index is -0.501. The van der Waals surface area contributed by atoms with Crippen molar-refractivity contribution in [2.45, 2.75) is 32.6 Å². The third kappa shape index (κ3) is 1.69. The van der Waals surface area contributed by atoms with Crippen LogP contribution in [0.2, 0.25) is 0 Å². The average Bonchev–Trinajstić information content (AvgIpc) is 3.04. The molecule has 0 aromatic heterocycles. The quantitative estimate of drug-likeness (QED) is 0.772. The first-order valence-electron chi connectivity index (χ1n) is 6.21. The van der Waals surface area contributed by atoms with Gasteiger partial charge in [0.25, 0.3) is 0 Å². The van der Waals surface area contributed by atoms with Crippen molar-refractivity contribution in [2.75, 3.05) is 14.2 Å². The Balaban J connectivity index is 2.56. The van der Waals surface area contributed by atoms with Crippen molar-refractivity contribution in [2.24, 2.45) is 5.92 Å². The minimum Gasteiger partial charge on any atom is -0.496 e. The number of hydrogen-bond donors (Lipinski definition) is 0. The van der Waals surface area contributed by atoms with Gasteiger partial charge >= 0.3 is 5.97 Å². The SMILES string of the molecule is COC(=O)C1(c2cc(C)c(C)cc2OC)CC1C. The van der Waals surface area contributed by atoms with Crippen molar-refractivity contribution in [3.05, 3.63) is 28.8 Å². The van der Waals surface area contributed by atoms with Crippen LogP contribution in [0.25, 0.3) is 0 Å². The molecule has 3 heteroatoms. The number of carbonyl (C=O) groups excluding carboxylic acids is 1. The highest BCUT2D eigenvalue weighted by Gasteiger charge is 2.61. The van der Waals surface area contributed by atoms with Crippen LogP contribution in [0.4, 0.5) is 0 Å². The van der Waals surface area contributed by atoms with Gasteiger partial charge in [-0.1, -0.05) is 13.0 Å². The fourth-order valence-corrected chi connectivity index (χ4v) is 2.68. The van der Waals surface area contributed by atoms with E-state index in [0.717, 1.165) is 17.7 Å². The van der Waals surface area contributed by atoms with E-state index in [1.807, 2.05) is 13.0 Å². The molecule has 1 saturated carbocycles. The molecular weight excluding hydrogens is 228 g/mol. The normalized spacial score (nSPS) is 25.7. The fourth-order valence-electron chi connectivity index (χ4n) is 2.68. The third-order valence-electron chi connectivity index (χ3n) is 4.16. The zero-order chi connectivity index (χ0) is 13.5. The number of hydrogen-bond acceptors (Lipinski definition) is 3. The van der Waals surface area contributed by atoms with E-state index < -0.39 is 5.41 Å². The largest absolute Gasteiger partial charge is 0.496 e. The van der Waals surface area contributed by atoms with E-state index in [1.165, 1.54) is 18.2 Å². The van der Waals surface area contributed by atoms with Gasteiger partial charge in [-0.25, -0.2) is 0 Å². The predicted octanol–water partition coefficient (Wildman–Crippen LogP) is 2.76. The van der Waals surface area contributed by atoms with Crippen LogP contribution >= 0.6 is 0 Å². The maximum Gasteiger partial charge on any atom is 0.316 e. The molecule has 0 bridgehead atoms. The highest BCUT2D eigenvalue weighted by atomic mass is 16.5. The molecule has 2 atom stereocenters. The summed E-state index contributed by atoms with van der Waals surface area (Å²) in [6.45, 7) is 6.17. The molecule has 0 aliphatic heterocycles. The summed E-state index contributed by atoms with van der Waals surface area (Å²) in [5, 5.41) is 0. The van der Waals surface area contributed by atoms with E-state index in [9.17, 15) is 4.79 Å². The highest BCUT2D eigenvalue weighted by Crippen LogP contribution is 2.57. The Morgan fingerprint density at radius 1 is 1.28 bits per heavy atom. The summed E-state index contributed by atoms with van der Waals surface area (Å²) in [5.41, 5.74) is 2.81. The Hall–Kier alpha value is -1.51. The zero-order valence-corrected chi connectivity index (χ0v) is 11.7. The number of aryl methyl sites for hydroxylation is 2. The molecule has 1 aromatic carbocycles. The number of methoxy groups -OCH3 is 2. The smallest absolute Gasteiger partial charge is 0.316 e. The van der Waals surface area contributed by atoms with Gasteiger partial charge in [-0.15, -0.1) is 0 Å². The van der Waals surface area contributed by atoms with E-state index in [1.54, 1.807) is 7.11 Å². The molecule has 1 aliphatic carbocycles. The minimum absolute atomic E-state index is 0.156. The number of ether oxygens (including phenoxy) is 2. The first kappa shape index (κ1) is 12.9. The maximum atomic E-state index is 12.1. The molecular formula is C15H20O3. The second kappa shape index (κ2) is 4.30. The molecule has 0 N–H and O–H groups in total. The van der Waals surface area contributed by atoms with E-state index >= 15 is 0 Å². The summed E-state index contributed by atoms with van der Waals surface area (Å²) >= 11 is 0. The second-order valence-corrected chi connectivity index (χ2v) is 5.20. The molecule has 1 fully saturated rings. The Morgan fingerprint density at radius 2 is 1.83 bits per heavy atom. The van der Waals surface area contributed by atoms with Gasteiger partial charge < -0.3 is 9.47 Å². The number of benzene rings is 1.